The molecule has 1 aliphatic heterocycles. The van der Waals surface area contributed by atoms with Crippen molar-refractivity contribution in [1.82, 2.24) is 19.3 Å². The highest BCUT2D eigenvalue weighted by molar-refractivity contribution is 5.82. The van der Waals surface area contributed by atoms with Gasteiger partial charge in [-0.15, -0.1) is 0 Å². The number of nitrogens with zero attached hydrogens (tertiary/aromatic N) is 4. The third-order valence-electron chi connectivity index (χ3n) is 6.01. The fourth-order valence-electron chi connectivity index (χ4n) is 4.46. The monoisotopic (exact) mass is 386 g/mol. The van der Waals surface area contributed by atoms with Gasteiger partial charge in [-0.3, -0.25) is 4.40 Å². The van der Waals surface area contributed by atoms with Crippen LogP contribution in [0.1, 0.15) is 30.0 Å². The van der Waals surface area contributed by atoms with Crippen LogP contribution in [0.15, 0.2) is 67.1 Å². The minimum atomic E-state index is -0.341. The first kappa shape index (κ1) is 18.3. The number of likely N-dealkylation sites (tertiary alicyclic amines) is 1. The summed E-state index contributed by atoms with van der Waals surface area (Å²) in [6.07, 6.45) is 8.40. The zero-order valence-electron chi connectivity index (χ0n) is 16.5. The molecule has 0 saturated carbocycles. The van der Waals surface area contributed by atoms with Gasteiger partial charge in [0, 0.05) is 31.1 Å². The molecule has 29 heavy (non-hydrogen) atoms. The number of β-amino-alcohol motifs (C(OH)–C–C–N with tert-alkyl or cyclic N) is 1. The lowest BCUT2D eigenvalue weighted by Crippen LogP contribution is -2.39. The summed E-state index contributed by atoms with van der Waals surface area (Å²) in [6.45, 7) is 2.73. The van der Waals surface area contributed by atoms with E-state index in [2.05, 4.69) is 63.5 Å². The molecular weight excluding hydrogens is 360 g/mol. The van der Waals surface area contributed by atoms with Crippen molar-refractivity contribution >= 4 is 16.6 Å². The van der Waals surface area contributed by atoms with Crippen molar-refractivity contribution in [3.8, 4) is 0 Å². The Morgan fingerprint density at radius 3 is 2.69 bits per heavy atom. The number of imidazole rings is 1. The van der Waals surface area contributed by atoms with Crippen molar-refractivity contribution in [2.24, 2.45) is 0 Å². The summed E-state index contributed by atoms with van der Waals surface area (Å²) in [5.74, 6) is 1.25. The normalized spacial score (nSPS) is 17.1. The number of piperidine rings is 1. The molecule has 148 valence electrons. The summed E-state index contributed by atoms with van der Waals surface area (Å²) in [4.78, 5) is 11.4. The van der Waals surface area contributed by atoms with Crippen LogP contribution in [-0.2, 0) is 6.42 Å². The standard InChI is InChI=1S/C24H26N4O/c29-22(15-18-6-7-19-4-1-2-5-21(19)14-18)16-27-12-8-20(9-13-27)23-17-28-11-3-10-25-24(28)26-23/h1-7,10-11,14,17,20,22,29H,8-9,12-13,15-16H2. The fourth-order valence-corrected chi connectivity index (χ4v) is 4.46. The van der Waals surface area contributed by atoms with E-state index >= 15 is 0 Å². The number of benzene rings is 2. The number of aliphatic hydroxyl groups excluding tert-OH is 1. The van der Waals surface area contributed by atoms with E-state index in [1.807, 2.05) is 16.7 Å². The number of fused-ring (bicyclic) bond motifs is 2. The van der Waals surface area contributed by atoms with Gasteiger partial charge in [0.1, 0.15) is 0 Å². The summed E-state index contributed by atoms with van der Waals surface area (Å²) in [7, 11) is 0. The van der Waals surface area contributed by atoms with Crippen molar-refractivity contribution in [2.45, 2.75) is 31.3 Å². The van der Waals surface area contributed by atoms with Gasteiger partial charge in [0.05, 0.1) is 11.8 Å². The predicted molar refractivity (Wildman–Crippen MR) is 115 cm³/mol. The van der Waals surface area contributed by atoms with Gasteiger partial charge < -0.3 is 10.0 Å². The molecule has 0 aliphatic carbocycles. The highest BCUT2D eigenvalue weighted by atomic mass is 16.3. The Labute approximate surface area is 170 Å². The van der Waals surface area contributed by atoms with Crippen LogP contribution in [0.3, 0.4) is 0 Å². The Kier molecular flexibility index (Phi) is 5.00. The molecule has 5 nitrogen and oxygen atoms in total. The minimum Gasteiger partial charge on any atom is -0.391 e. The van der Waals surface area contributed by atoms with Crippen molar-refractivity contribution in [2.75, 3.05) is 19.6 Å². The van der Waals surface area contributed by atoms with Crippen LogP contribution >= 0.6 is 0 Å². The second-order valence-electron chi connectivity index (χ2n) is 8.11. The van der Waals surface area contributed by atoms with Gasteiger partial charge in [-0.25, -0.2) is 9.97 Å². The van der Waals surface area contributed by atoms with Gasteiger partial charge in [0.25, 0.3) is 0 Å². The fraction of sp³-hybridized carbons (Fsp3) is 0.333. The Bertz CT molecular complexity index is 1080. The quantitative estimate of drug-likeness (QED) is 0.569. The number of hydrogen-bond acceptors (Lipinski definition) is 4. The van der Waals surface area contributed by atoms with Crippen molar-refractivity contribution < 1.29 is 5.11 Å². The molecule has 2 aromatic carbocycles. The average molecular weight is 386 g/mol. The first-order chi connectivity index (χ1) is 14.2. The molecule has 5 rings (SSSR count). The van der Waals surface area contributed by atoms with Gasteiger partial charge in [-0.05, 0) is 54.8 Å². The molecule has 0 spiro atoms. The Morgan fingerprint density at radius 2 is 1.86 bits per heavy atom. The maximum Gasteiger partial charge on any atom is 0.233 e. The zero-order valence-corrected chi connectivity index (χ0v) is 16.5. The van der Waals surface area contributed by atoms with Crippen molar-refractivity contribution in [3.05, 3.63) is 78.4 Å². The molecule has 1 unspecified atom stereocenters. The highest BCUT2D eigenvalue weighted by Crippen LogP contribution is 2.27. The van der Waals surface area contributed by atoms with Gasteiger partial charge in [0.2, 0.25) is 5.78 Å². The maximum absolute atomic E-state index is 10.6. The lowest BCUT2D eigenvalue weighted by atomic mass is 9.93. The average Bonchev–Trinajstić information content (AvgIpc) is 3.18. The molecule has 3 heterocycles. The minimum absolute atomic E-state index is 0.341. The summed E-state index contributed by atoms with van der Waals surface area (Å²) in [5.41, 5.74) is 2.34. The van der Waals surface area contributed by atoms with E-state index in [0.717, 1.165) is 43.9 Å². The Hall–Kier alpha value is -2.76. The summed E-state index contributed by atoms with van der Waals surface area (Å²) < 4.78 is 2.00. The molecule has 0 amide bonds. The van der Waals surface area contributed by atoms with Gasteiger partial charge >= 0.3 is 0 Å². The second-order valence-corrected chi connectivity index (χ2v) is 8.11. The Balaban J connectivity index is 1.16. The van der Waals surface area contributed by atoms with E-state index < -0.39 is 0 Å². The topological polar surface area (TPSA) is 53.7 Å². The highest BCUT2D eigenvalue weighted by Gasteiger charge is 2.24. The summed E-state index contributed by atoms with van der Waals surface area (Å²) in [5, 5.41) is 13.1. The first-order valence-electron chi connectivity index (χ1n) is 10.4. The molecular formula is C24H26N4O. The number of aliphatic hydroxyl groups is 1. The van der Waals surface area contributed by atoms with Crippen LogP contribution in [0.4, 0.5) is 0 Å². The van der Waals surface area contributed by atoms with Gasteiger partial charge in [-0.2, -0.15) is 0 Å². The maximum atomic E-state index is 10.6. The molecule has 0 radical (unpaired) electrons. The smallest absolute Gasteiger partial charge is 0.233 e. The summed E-state index contributed by atoms with van der Waals surface area (Å²) in [6, 6.07) is 16.8. The van der Waals surface area contributed by atoms with E-state index in [1.165, 1.54) is 16.3 Å². The van der Waals surface area contributed by atoms with Crippen LogP contribution in [-0.4, -0.2) is 50.1 Å². The summed E-state index contributed by atoms with van der Waals surface area (Å²) >= 11 is 0. The van der Waals surface area contributed by atoms with Crippen LogP contribution in [0.25, 0.3) is 16.6 Å². The number of rotatable bonds is 5. The lowest BCUT2D eigenvalue weighted by Gasteiger charge is -2.32. The molecule has 0 bridgehead atoms. The molecule has 1 N–H and O–H groups in total. The van der Waals surface area contributed by atoms with Crippen LogP contribution in [0.5, 0.6) is 0 Å². The zero-order chi connectivity index (χ0) is 19.6. The number of aromatic nitrogens is 3. The third kappa shape index (κ3) is 4.02. The largest absolute Gasteiger partial charge is 0.391 e. The molecule has 1 aliphatic rings. The molecule has 1 saturated heterocycles. The van der Waals surface area contributed by atoms with E-state index in [4.69, 9.17) is 0 Å². The van der Waals surface area contributed by atoms with E-state index in [0.29, 0.717) is 12.3 Å². The van der Waals surface area contributed by atoms with Crippen LogP contribution in [0.2, 0.25) is 0 Å². The van der Waals surface area contributed by atoms with Crippen LogP contribution in [0, 0.1) is 0 Å². The van der Waals surface area contributed by atoms with Crippen molar-refractivity contribution in [3.63, 3.8) is 0 Å². The predicted octanol–water partition coefficient (Wildman–Crippen LogP) is 3.67. The van der Waals surface area contributed by atoms with Gasteiger partial charge in [0.15, 0.2) is 0 Å². The van der Waals surface area contributed by atoms with Gasteiger partial charge in [-0.1, -0.05) is 42.5 Å². The second kappa shape index (κ2) is 7.93. The van der Waals surface area contributed by atoms with Crippen LogP contribution < -0.4 is 0 Å². The third-order valence-corrected chi connectivity index (χ3v) is 6.01. The molecule has 2 aromatic heterocycles. The SMILES string of the molecule is OC(Cc1ccc2ccccc2c1)CN1CCC(c2cn3cccnc3n2)CC1. The van der Waals surface area contributed by atoms with Crippen molar-refractivity contribution in [1.29, 1.82) is 0 Å². The Morgan fingerprint density at radius 1 is 1.03 bits per heavy atom. The molecule has 4 aromatic rings. The molecule has 1 atom stereocenters. The first-order valence-corrected chi connectivity index (χ1v) is 10.4. The molecule has 5 heteroatoms. The lowest BCUT2D eigenvalue weighted by molar-refractivity contribution is 0.0969. The van der Waals surface area contributed by atoms with E-state index in [-0.39, 0.29) is 6.10 Å². The molecule has 1 fully saturated rings. The van der Waals surface area contributed by atoms with E-state index in [9.17, 15) is 5.11 Å². The number of hydrogen-bond donors (Lipinski definition) is 1. The van der Waals surface area contributed by atoms with E-state index in [1.54, 1.807) is 6.20 Å².